The maximum Gasteiger partial charge on any atom is 0.242 e. The van der Waals surface area contributed by atoms with Crippen LogP contribution in [0.5, 0.6) is 0 Å². The lowest BCUT2D eigenvalue weighted by Gasteiger charge is -2.07. The molecule has 1 N–H and O–H groups in total. The highest BCUT2D eigenvalue weighted by atomic mass is 35.5. The molecule has 0 aliphatic heterocycles. The highest BCUT2D eigenvalue weighted by Gasteiger charge is 2.15. The number of hydrogen-bond donors (Lipinski definition) is 1. The summed E-state index contributed by atoms with van der Waals surface area (Å²) in [5.74, 6) is 0. The molecule has 0 saturated carbocycles. The number of azide groups is 1. The highest BCUT2D eigenvalue weighted by molar-refractivity contribution is 7.89. The van der Waals surface area contributed by atoms with E-state index in [1.54, 1.807) is 12.1 Å². The average Bonchev–Trinajstić information content (AvgIpc) is 2.34. The van der Waals surface area contributed by atoms with E-state index in [4.69, 9.17) is 17.1 Å². The van der Waals surface area contributed by atoms with Crippen LogP contribution in [0.2, 0.25) is 5.02 Å². The lowest BCUT2D eigenvalue weighted by molar-refractivity contribution is 0.577. The van der Waals surface area contributed by atoms with Crippen molar-refractivity contribution in [3.8, 4) is 0 Å². The molecule has 0 amide bonds. The third-order valence-corrected chi connectivity index (χ3v) is 4.13. The summed E-state index contributed by atoms with van der Waals surface area (Å²) in [6.45, 7) is 0.652. The summed E-state index contributed by atoms with van der Waals surface area (Å²) >= 11 is 5.82. The molecule has 0 aromatic heterocycles. The van der Waals surface area contributed by atoms with Crippen molar-refractivity contribution in [2.75, 3.05) is 13.1 Å². The standard InChI is InChI=1S/C10H13ClN4O2S/c11-9-5-1-2-6-10(9)18(16,17)14-8-4-3-7-13-15-12/h1-2,5-6,14H,3-4,7-8H2. The van der Waals surface area contributed by atoms with Crippen molar-refractivity contribution >= 4 is 21.6 Å². The predicted octanol–water partition coefficient (Wildman–Crippen LogP) is 2.71. The molecular weight excluding hydrogens is 276 g/mol. The van der Waals surface area contributed by atoms with Gasteiger partial charge in [-0.15, -0.1) is 0 Å². The van der Waals surface area contributed by atoms with Crippen LogP contribution in [0, 0.1) is 0 Å². The topological polar surface area (TPSA) is 94.9 Å². The largest absolute Gasteiger partial charge is 0.242 e. The number of nitrogens with one attached hydrogen (secondary N) is 1. The van der Waals surface area contributed by atoms with Crippen LogP contribution in [0.4, 0.5) is 0 Å². The van der Waals surface area contributed by atoms with E-state index in [1.165, 1.54) is 12.1 Å². The van der Waals surface area contributed by atoms with E-state index in [0.29, 0.717) is 19.4 Å². The smallest absolute Gasteiger partial charge is 0.211 e. The Labute approximate surface area is 111 Å². The van der Waals surface area contributed by atoms with Crippen LogP contribution in [0.1, 0.15) is 12.8 Å². The van der Waals surface area contributed by atoms with Crippen LogP contribution < -0.4 is 4.72 Å². The van der Waals surface area contributed by atoms with E-state index in [-0.39, 0.29) is 16.5 Å². The number of rotatable bonds is 7. The Kier molecular flexibility index (Phi) is 5.94. The van der Waals surface area contributed by atoms with Crippen LogP contribution in [0.3, 0.4) is 0 Å². The van der Waals surface area contributed by atoms with Gasteiger partial charge < -0.3 is 0 Å². The first-order valence-electron chi connectivity index (χ1n) is 5.33. The molecule has 0 heterocycles. The van der Waals surface area contributed by atoms with Crippen molar-refractivity contribution in [3.05, 3.63) is 39.7 Å². The van der Waals surface area contributed by atoms with Gasteiger partial charge in [0.2, 0.25) is 10.0 Å². The molecule has 8 heteroatoms. The molecule has 0 aliphatic rings. The molecule has 18 heavy (non-hydrogen) atoms. The summed E-state index contributed by atoms with van der Waals surface area (Å²) in [5, 5.41) is 3.55. The lowest BCUT2D eigenvalue weighted by Crippen LogP contribution is -2.25. The Morgan fingerprint density at radius 3 is 2.72 bits per heavy atom. The van der Waals surface area contributed by atoms with Gasteiger partial charge in [0.15, 0.2) is 0 Å². The van der Waals surface area contributed by atoms with Gasteiger partial charge in [-0.1, -0.05) is 28.8 Å². The van der Waals surface area contributed by atoms with Crippen LogP contribution in [-0.4, -0.2) is 21.5 Å². The van der Waals surface area contributed by atoms with Crippen LogP contribution in [0.15, 0.2) is 34.3 Å². The van der Waals surface area contributed by atoms with Gasteiger partial charge in [-0.3, -0.25) is 0 Å². The Morgan fingerprint density at radius 2 is 2.06 bits per heavy atom. The minimum absolute atomic E-state index is 0.0710. The van der Waals surface area contributed by atoms with Gasteiger partial charge >= 0.3 is 0 Å². The summed E-state index contributed by atoms with van der Waals surface area (Å²) in [5.41, 5.74) is 8.06. The number of nitrogens with zero attached hydrogens (tertiary/aromatic N) is 3. The number of sulfonamides is 1. The summed E-state index contributed by atoms with van der Waals surface area (Å²) in [7, 11) is -3.57. The second kappa shape index (κ2) is 7.23. The van der Waals surface area contributed by atoms with E-state index in [2.05, 4.69) is 14.7 Å². The Hall–Kier alpha value is -1.27. The van der Waals surface area contributed by atoms with E-state index >= 15 is 0 Å². The van der Waals surface area contributed by atoms with Gasteiger partial charge in [-0.25, -0.2) is 13.1 Å². The average molecular weight is 289 g/mol. The quantitative estimate of drug-likeness (QED) is 0.361. The molecule has 0 spiro atoms. The molecule has 1 aromatic carbocycles. The molecule has 6 nitrogen and oxygen atoms in total. The van der Waals surface area contributed by atoms with E-state index in [0.717, 1.165) is 0 Å². The lowest BCUT2D eigenvalue weighted by atomic mass is 10.3. The normalized spacial score (nSPS) is 10.9. The Balaban J connectivity index is 2.51. The van der Waals surface area contributed by atoms with Gasteiger partial charge in [0, 0.05) is 18.0 Å². The van der Waals surface area contributed by atoms with Gasteiger partial charge in [0.25, 0.3) is 0 Å². The number of unbranched alkanes of at least 4 members (excludes halogenated alkanes) is 1. The molecule has 1 rings (SSSR count). The molecule has 0 unspecified atom stereocenters. The number of benzene rings is 1. The van der Waals surface area contributed by atoms with Crippen LogP contribution >= 0.6 is 11.6 Å². The SMILES string of the molecule is [N-]=[N+]=NCCCCNS(=O)(=O)c1ccccc1Cl. The molecular formula is C10H13ClN4O2S. The first-order chi connectivity index (χ1) is 8.58. The number of halogens is 1. The van der Waals surface area contributed by atoms with E-state index < -0.39 is 10.0 Å². The Morgan fingerprint density at radius 1 is 1.33 bits per heavy atom. The molecule has 0 atom stereocenters. The minimum atomic E-state index is -3.57. The molecule has 0 bridgehead atoms. The van der Waals surface area contributed by atoms with Gasteiger partial charge in [-0.2, -0.15) is 0 Å². The fourth-order valence-electron chi connectivity index (χ4n) is 1.30. The predicted molar refractivity (Wildman–Crippen MR) is 69.9 cm³/mol. The van der Waals surface area contributed by atoms with Gasteiger partial charge in [0.05, 0.1) is 5.02 Å². The van der Waals surface area contributed by atoms with Crippen molar-refractivity contribution in [1.29, 1.82) is 0 Å². The molecule has 0 aliphatic carbocycles. The Bertz CT molecular complexity index is 541. The zero-order valence-corrected chi connectivity index (χ0v) is 11.2. The summed E-state index contributed by atoms with van der Waals surface area (Å²) in [6.07, 6.45) is 1.23. The van der Waals surface area contributed by atoms with Crippen molar-refractivity contribution in [2.24, 2.45) is 5.11 Å². The zero-order chi connectivity index (χ0) is 13.4. The fourth-order valence-corrected chi connectivity index (χ4v) is 2.89. The van der Waals surface area contributed by atoms with Crippen molar-refractivity contribution in [2.45, 2.75) is 17.7 Å². The second-order valence-electron chi connectivity index (χ2n) is 3.49. The van der Waals surface area contributed by atoms with E-state index in [9.17, 15) is 8.42 Å². The first kappa shape index (κ1) is 14.8. The summed E-state index contributed by atoms with van der Waals surface area (Å²) < 4.78 is 26.2. The summed E-state index contributed by atoms with van der Waals surface area (Å²) in [6, 6.07) is 6.26. The third-order valence-electron chi connectivity index (χ3n) is 2.17. The van der Waals surface area contributed by atoms with Crippen LogP contribution in [-0.2, 0) is 10.0 Å². The maximum atomic E-state index is 11.9. The number of hydrogen-bond acceptors (Lipinski definition) is 3. The monoisotopic (exact) mass is 288 g/mol. The fraction of sp³-hybridized carbons (Fsp3) is 0.400. The van der Waals surface area contributed by atoms with Gasteiger partial charge in [0.1, 0.15) is 4.90 Å². The molecule has 0 saturated heterocycles. The zero-order valence-electron chi connectivity index (χ0n) is 9.58. The highest BCUT2D eigenvalue weighted by Crippen LogP contribution is 2.19. The molecule has 98 valence electrons. The minimum Gasteiger partial charge on any atom is -0.211 e. The molecule has 0 radical (unpaired) electrons. The van der Waals surface area contributed by atoms with Crippen molar-refractivity contribution < 1.29 is 8.42 Å². The molecule has 1 aromatic rings. The van der Waals surface area contributed by atoms with E-state index in [1.807, 2.05) is 0 Å². The van der Waals surface area contributed by atoms with Crippen LogP contribution in [0.25, 0.3) is 10.4 Å². The third kappa shape index (κ3) is 4.54. The van der Waals surface area contributed by atoms with Crippen molar-refractivity contribution in [3.63, 3.8) is 0 Å². The van der Waals surface area contributed by atoms with Gasteiger partial charge in [-0.05, 0) is 30.5 Å². The second-order valence-corrected chi connectivity index (χ2v) is 5.63. The maximum absolute atomic E-state index is 11.9. The molecule has 0 fully saturated rings. The summed E-state index contributed by atoms with van der Waals surface area (Å²) in [4.78, 5) is 2.68. The van der Waals surface area contributed by atoms with Crippen molar-refractivity contribution in [1.82, 2.24) is 4.72 Å². The first-order valence-corrected chi connectivity index (χ1v) is 7.19.